The molecule has 0 bridgehead atoms. The molecule has 2 rings (SSSR count). The smallest absolute Gasteiger partial charge is 0.238 e. The molecule has 0 unspecified atom stereocenters. The van der Waals surface area contributed by atoms with Gasteiger partial charge in [-0.1, -0.05) is 12.1 Å². The van der Waals surface area contributed by atoms with Crippen LogP contribution in [0.4, 0.5) is 0 Å². The number of hydrogen-bond acceptors (Lipinski definition) is 3. The molecular formula is C13H11BrINO3S. The Kier molecular flexibility index (Phi) is 5.05. The molecule has 0 atom stereocenters. The van der Waals surface area contributed by atoms with E-state index in [9.17, 15) is 8.42 Å². The van der Waals surface area contributed by atoms with Crippen LogP contribution in [-0.4, -0.2) is 8.42 Å². The molecule has 0 saturated heterocycles. The van der Waals surface area contributed by atoms with Crippen LogP contribution in [0.1, 0.15) is 5.56 Å². The minimum Gasteiger partial charge on any atom is -0.488 e. The standard InChI is InChI=1S/C13H11BrINO3S/c14-12-7-11(20(16,17)18)5-6-13(12)19-8-9-1-3-10(15)4-2-9/h1-7H,8H2,(H2,16,17,18). The first-order valence-electron chi connectivity index (χ1n) is 5.56. The molecular weight excluding hydrogens is 457 g/mol. The van der Waals surface area contributed by atoms with Crippen molar-refractivity contribution in [2.45, 2.75) is 11.5 Å². The van der Waals surface area contributed by atoms with Crippen LogP contribution in [0.25, 0.3) is 0 Å². The topological polar surface area (TPSA) is 69.4 Å². The zero-order chi connectivity index (χ0) is 14.8. The van der Waals surface area contributed by atoms with Gasteiger partial charge in [0.05, 0.1) is 9.37 Å². The summed E-state index contributed by atoms with van der Waals surface area (Å²) in [6, 6.07) is 12.4. The highest BCUT2D eigenvalue weighted by Gasteiger charge is 2.11. The molecule has 106 valence electrons. The minimum absolute atomic E-state index is 0.0472. The van der Waals surface area contributed by atoms with Gasteiger partial charge < -0.3 is 4.74 Å². The monoisotopic (exact) mass is 467 g/mol. The van der Waals surface area contributed by atoms with Gasteiger partial charge in [0.25, 0.3) is 0 Å². The van der Waals surface area contributed by atoms with E-state index in [2.05, 4.69) is 38.5 Å². The van der Waals surface area contributed by atoms with E-state index in [4.69, 9.17) is 9.88 Å². The van der Waals surface area contributed by atoms with Gasteiger partial charge in [0, 0.05) is 3.57 Å². The molecule has 2 N–H and O–H groups in total. The lowest BCUT2D eigenvalue weighted by Gasteiger charge is -2.09. The Morgan fingerprint density at radius 2 is 1.80 bits per heavy atom. The summed E-state index contributed by atoms with van der Waals surface area (Å²) in [5.74, 6) is 0.566. The van der Waals surface area contributed by atoms with Crippen molar-refractivity contribution in [2.24, 2.45) is 5.14 Å². The molecule has 0 spiro atoms. The van der Waals surface area contributed by atoms with E-state index in [1.54, 1.807) is 6.07 Å². The van der Waals surface area contributed by atoms with E-state index in [1.165, 1.54) is 12.1 Å². The fourth-order valence-corrected chi connectivity index (χ4v) is 3.06. The Morgan fingerprint density at radius 3 is 2.35 bits per heavy atom. The van der Waals surface area contributed by atoms with Crippen LogP contribution in [0.5, 0.6) is 5.75 Å². The number of nitrogens with two attached hydrogens (primary N) is 1. The summed E-state index contributed by atoms with van der Waals surface area (Å²) in [6.07, 6.45) is 0. The Hall–Kier alpha value is -0.640. The van der Waals surface area contributed by atoms with Gasteiger partial charge >= 0.3 is 0 Å². The quantitative estimate of drug-likeness (QED) is 0.701. The third-order valence-electron chi connectivity index (χ3n) is 2.54. The lowest BCUT2D eigenvalue weighted by molar-refractivity contribution is 0.304. The molecule has 4 nitrogen and oxygen atoms in total. The fraction of sp³-hybridized carbons (Fsp3) is 0.0769. The molecule has 7 heteroatoms. The van der Waals surface area contributed by atoms with Crippen LogP contribution in [0.15, 0.2) is 51.8 Å². The van der Waals surface area contributed by atoms with Crippen LogP contribution in [0.2, 0.25) is 0 Å². The van der Waals surface area contributed by atoms with Crippen molar-refractivity contribution < 1.29 is 13.2 Å². The third-order valence-corrected chi connectivity index (χ3v) is 4.79. The maximum Gasteiger partial charge on any atom is 0.238 e. The van der Waals surface area contributed by atoms with Crippen molar-refractivity contribution in [1.29, 1.82) is 0 Å². The number of rotatable bonds is 4. The summed E-state index contributed by atoms with van der Waals surface area (Å²) in [5.41, 5.74) is 1.04. The van der Waals surface area contributed by atoms with Crippen molar-refractivity contribution >= 4 is 48.5 Å². The van der Waals surface area contributed by atoms with Crippen molar-refractivity contribution in [3.63, 3.8) is 0 Å². The van der Waals surface area contributed by atoms with Crippen LogP contribution in [0, 0.1) is 3.57 Å². The summed E-state index contributed by atoms with van der Waals surface area (Å²) >= 11 is 5.51. The van der Waals surface area contributed by atoms with Gasteiger partial charge in [0.2, 0.25) is 10.0 Å². The van der Waals surface area contributed by atoms with Gasteiger partial charge in [-0.2, -0.15) is 0 Å². The summed E-state index contributed by atoms with van der Waals surface area (Å²) in [6.45, 7) is 0.407. The first-order chi connectivity index (χ1) is 9.36. The predicted molar refractivity (Wildman–Crippen MR) is 89.0 cm³/mol. The van der Waals surface area contributed by atoms with Gasteiger partial charge in [-0.05, 0) is 74.4 Å². The summed E-state index contributed by atoms with van der Waals surface area (Å²) in [5, 5.41) is 5.06. The van der Waals surface area contributed by atoms with E-state index in [0.29, 0.717) is 16.8 Å². The first kappa shape index (κ1) is 15.7. The molecule has 0 fully saturated rings. The normalized spacial score (nSPS) is 11.3. The highest BCUT2D eigenvalue weighted by molar-refractivity contribution is 14.1. The molecule has 0 aromatic heterocycles. The van der Waals surface area contributed by atoms with Crippen LogP contribution >= 0.6 is 38.5 Å². The second kappa shape index (κ2) is 6.42. The third kappa shape index (κ3) is 4.18. The van der Waals surface area contributed by atoms with Crippen LogP contribution in [-0.2, 0) is 16.6 Å². The number of hydrogen-bond donors (Lipinski definition) is 1. The second-order valence-electron chi connectivity index (χ2n) is 4.05. The maximum absolute atomic E-state index is 11.2. The van der Waals surface area contributed by atoms with Crippen molar-refractivity contribution in [1.82, 2.24) is 0 Å². The maximum atomic E-state index is 11.2. The highest BCUT2D eigenvalue weighted by Crippen LogP contribution is 2.28. The molecule has 20 heavy (non-hydrogen) atoms. The lowest BCUT2D eigenvalue weighted by Crippen LogP contribution is -2.12. The SMILES string of the molecule is NS(=O)(=O)c1ccc(OCc2ccc(I)cc2)c(Br)c1. The average Bonchev–Trinajstić information content (AvgIpc) is 2.38. The molecule has 0 amide bonds. The number of ether oxygens (including phenoxy) is 1. The molecule has 0 saturated carbocycles. The van der Waals surface area contributed by atoms with Gasteiger partial charge in [-0.15, -0.1) is 0 Å². The Balaban J connectivity index is 2.12. The molecule has 0 aliphatic carbocycles. The second-order valence-corrected chi connectivity index (χ2v) is 7.71. The zero-order valence-corrected chi connectivity index (χ0v) is 14.8. The lowest BCUT2D eigenvalue weighted by atomic mass is 10.2. The summed E-state index contributed by atoms with van der Waals surface area (Å²) < 4.78 is 29.8. The largest absolute Gasteiger partial charge is 0.488 e. The van der Waals surface area contributed by atoms with Gasteiger partial charge in [0.15, 0.2) is 0 Å². The Bertz CT molecular complexity index is 717. The van der Waals surface area contributed by atoms with E-state index >= 15 is 0 Å². The molecule has 0 aliphatic heterocycles. The van der Waals surface area contributed by atoms with Crippen LogP contribution in [0.3, 0.4) is 0 Å². The van der Waals surface area contributed by atoms with Crippen molar-refractivity contribution in [3.05, 3.63) is 56.1 Å². The predicted octanol–water partition coefficient (Wildman–Crippen LogP) is 3.28. The summed E-state index contributed by atoms with van der Waals surface area (Å²) in [4.78, 5) is 0.0472. The fourth-order valence-electron chi connectivity index (χ4n) is 1.52. The molecule has 0 radical (unpaired) electrons. The zero-order valence-electron chi connectivity index (χ0n) is 10.2. The van der Waals surface area contributed by atoms with Gasteiger partial charge in [0.1, 0.15) is 12.4 Å². The van der Waals surface area contributed by atoms with Crippen LogP contribution < -0.4 is 9.88 Å². The molecule has 2 aromatic rings. The van der Waals surface area contributed by atoms with Crippen molar-refractivity contribution in [2.75, 3.05) is 0 Å². The number of halogens is 2. The minimum atomic E-state index is -3.70. The van der Waals surface area contributed by atoms with Crippen molar-refractivity contribution in [3.8, 4) is 5.75 Å². The van der Waals surface area contributed by atoms with E-state index in [-0.39, 0.29) is 4.90 Å². The first-order valence-corrected chi connectivity index (χ1v) is 8.97. The molecule has 0 aliphatic rings. The molecule has 2 aromatic carbocycles. The highest BCUT2D eigenvalue weighted by atomic mass is 127. The van der Waals surface area contributed by atoms with E-state index in [1.807, 2.05) is 24.3 Å². The molecule has 0 heterocycles. The summed E-state index contributed by atoms with van der Waals surface area (Å²) in [7, 11) is -3.70. The average molecular weight is 468 g/mol. The van der Waals surface area contributed by atoms with E-state index < -0.39 is 10.0 Å². The Labute approximate surface area is 139 Å². The number of primary sulfonamides is 1. The van der Waals surface area contributed by atoms with Gasteiger partial charge in [-0.3, -0.25) is 0 Å². The number of sulfonamides is 1. The Morgan fingerprint density at radius 1 is 1.15 bits per heavy atom. The number of benzene rings is 2. The van der Waals surface area contributed by atoms with Gasteiger partial charge in [-0.25, -0.2) is 13.6 Å². The van der Waals surface area contributed by atoms with E-state index in [0.717, 1.165) is 9.13 Å².